The van der Waals surface area contributed by atoms with E-state index in [0.717, 1.165) is 24.8 Å². The Morgan fingerprint density at radius 2 is 1.25 bits per heavy atom. The van der Waals surface area contributed by atoms with Crippen molar-refractivity contribution >= 4 is 48.0 Å². The van der Waals surface area contributed by atoms with Crippen LogP contribution in [0.15, 0.2) is 23.3 Å². The van der Waals surface area contributed by atoms with E-state index >= 15 is 0 Å². The maximum atomic E-state index is 12.6. The summed E-state index contributed by atoms with van der Waals surface area (Å²) in [7, 11) is -3.99. The van der Waals surface area contributed by atoms with Gasteiger partial charge < -0.3 is 32.7 Å². The summed E-state index contributed by atoms with van der Waals surface area (Å²) in [5.74, 6) is 0.0565. The van der Waals surface area contributed by atoms with Crippen molar-refractivity contribution in [3.8, 4) is 0 Å². The average molecular weight is 883 g/mol. The molecule has 0 spiro atoms. The molecule has 0 aromatic rings. The molecule has 0 amide bonds. The van der Waals surface area contributed by atoms with Gasteiger partial charge in [-0.25, -0.2) is 0 Å². The van der Waals surface area contributed by atoms with E-state index in [4.69, 9.17) is 13.6 Å². The van der Waals surface area contributed by atoms with Gasteiger partial charge in [-0.05, 0) is 66.8 Å². The first kappa shape index (κ1) is 54.6. The number of rotatable bonds is 16. The number of hydrogen-bond donors (Lipinski definition) is 0. The van der Waals surface area contributed by atoms with Crippen molar-refractivity contribution < 1.29 is 71.1 Å². The molecular formula is C40H72Co2O8Si3-2. The zero-order valence-corrected chi connectivity index (χ0v) is 40.7. The molecule has 0 saturated carbocycles. The number of Topliss-reactive ketones (excluding diaryl/α,β-unsaturated/α-hetero) is 3. The Morgan fingerprint density at radius 1 is 0.811 bits per heavy atom. The molecule has 0 aromatic heterocycles. The van der Waals surface area contributed by atoms with Crippen LogP contribution in [0.2, 0.25) is 55.9 Å². The minimum atomic E-state index is -1.93. The van der Waals surface area contributed by atoms with Crippen molar-refractivity contribution in [2.24, 2.45) is 0 Å². The van der Waals surface area contributed by atoms with Gasteiger partial charge in [-0.1, -0.05) is 67.6 Å². The molecular weight excluding hydrogens is 811 g/mol. The molecule has 13 heteroatoms. The number of esters is 1. The summed E-state index contributed by atoms with van der Waals surface area (Å²) in [4.78, 5) is 47.9. The second-order valence-corrected chi connectivity index (χ2v) is 33.4. The molecule has 1 fully saturated rings. The molecule has 0 bridgehead atoms. The number of carbonyl (C=O) groups excluding carboxylic acids is 4. The Kier molecular flexibility index (Phi) is 22.0. The topological polar surface area (TPSA) is 109 Å². The van der Waals surface area contributed by atoms with Crippen molar-refractivity contribution in [3.63, 3.8) is 0 Å². The number of ether oxygens (including phenoxy) is 2. The van der Waals surface area contributed by atoms with Crippen LogP contribution in [0.1, 0.15) is 106 Å². The summed E-state index contributed by atoms with van der Waals surface area (Å²) in [6.45, 7) is 33.1. The van der Waals surface area contributed by atoms with Gasteiger partial charge in [-0.15, -0.1) is 0 Å². The summed E-state index contributed by atoms with van der Waals surface area (Å²) in [6.07, 6.45) is 9.64. The molecule has 312 valence electrons. The Hall–Kier alpha value is -0.496. The van der Waals surface area contributed by atoms with Crippen LogP contribution in [-0.4, -0.2) is 78.7 Å². The third-order valence-electron chi connectivity index (χ3n) is 11.5. The van der Waals surface area contributed by atoms with Gasteiger partial charge in [0.05, 0.1) is 38.7 Å². The molecule has 4 atom stereocenters. The van der Waals surface area contributed by atoms with Crippen molar-refractivity contribution in [1.29, 1.82) is 0 Å². The monoisotopic (exact) mass is 882 g/mol. The van der Waals surface area contributed by atoms with E-state index in [1.54, 1.807) is 0 Å². The molecule has 1 heterocycles. The summed E-state index contributed by atoms with van der Waals surface area (Å²) < 4.78 is 23.5. The molecule has 8 nitrogen and oxygen atoms in total. The quantitative estimate of drug-likeness (QED) is 0.0496. The summed E-state index contributed by atoms with van der Waals surface area (Å²) in [5, 5.41) is 0.158. The molecule has 2 aliphatic carbocycles. The minimum Gasteiger partial charge on any atom is -0.469 e. The maximum absolute atomic E-state index is 12.6. The maximum Gasteiger partial charge on any atom is 0.305 e. The van der Waals surface area contributed by atoms with Crippen molar-refractivity contribution in [2.45, 2.75) is 185 Å². The standard InChI is InChI=1S/C20H37O3Si2.C19H32O5Si.CH3.2Co/c1-10-11-18-20(22-18,24(5,6)7)14-15-12-16(13-17(15)21)23-25(8,9)19(2,3)4;1-19(2,3)25(5,6)24-16-12-14(17(21)13-16)11-15(20)9-7-8-10-18(22)23-4;;;/h12,16,18H,1,10-11,13-14H2,2-9H3;12,16H,7-11,13H2,1-6H3;1H3;;/q-1;;-1;;. The van der Waals surface area contributed by atoms with E-state index < -0.39 is 24.7 Å². The molecule has 1 aliphatic heterocycles. The van der Waals surface area contributed by atoms with E-state index in [1.165, 1.54) is 7.11 Å². The Labute approximate surface area is 347 Å². The number of carbonyl (C=O) groups is 4. The van der Waals surface area contributed by atoms with E-state index in [1.807, 2.05) is 6.08 Å². The van der Waals surface area contributed by atoms with Crippen LogP contribution >= 0.6 is 0 Å². The van der Waals surface area contributed by atoms with Gasteiger partial charge in [0.2, 0.25) is 0 Å². The first-order chi connectivity index (χ1) is 22.7. The number of ketones is 3. The third kappa shape index (κ3) is 15.4. The van der Waals surface area contributed by atoms with Crippen LogP contribution in [0, 0.1) is 14.4 Å². The van der Waals surface area contributed by atoms with Gasteiger partial charge in [0.1, 0.15) is 5.78 Å². The predicted octanol–water partition coefficient (Wildman–Crippen LogP) is 9.71. The Bertz CT molecular complexity index is 1310. The van der Waals surface area contributed by atoms with Gasteiger partial charge in [0.15, 0.2) is 28.2 Å². The molecule has 0 N–H and O–H groups in total. The first-order valence-electron chi connectivity index (χ1n) is 18.6. The van der Waals surface area contributed by atoms with Crippen molar-refractivity contribution in [3.05, 3.63) is 37.6 Å². The second-order valence-electron chi connectivity index (χ2n) is 18.5. The smallest absolute Gasteiger partial charge is 0.305 e. The first-order valence-corrected chi connectivity index (χ1v) is 27.9. The van der Waals surface area contributed by atoms with Crippen molar-refractivity contribution in [2.75, 3.05) is 7.11 Å². The minimum absolute atomic E-state index is 0. The van der Waals surface area contributed by atoms with E-state index in [2.05, 4.69) is 105 Å². The van der Waals surface area contributed by atoms with Crippen molar-refractivity contribution in [1.82, 2.24) is 0 Å². The predicted molar refractivity (Wildman–Crippen MR) is 216 cm³/mol. The van der Waals surface area contributed by atoms with E-state index in [9.17, 15) is 19.2 Å². The van der Waals surface area contributed by atoms with Crippen LogP contribution in [0.4, 0.5) is 0 Å². The van der Waals surface area contributed by atoms with Gasteiger partial charge in [0, 0.05) is 77.7 Å². The number of allylic oxidation sites excluding steroid dienone is 1. The fourth-order valence-electron chi connectivity index (χ4n) is 6.01. The van der Waals surface area contributed by atoms with E-state index in [-0.39, 0.29) is 104 Å². The van der Waals surface area contributed by atoms with Crippen LogP contribution in [0.5, 0.6) is 0 Å². The summed E-state index contributed by atoms with van der Waals surface area (Å²) in [6, 6.07) is 0. The SMILES string of the molecule is COC(=O)CCCCC(=O)CC1=CC(O[Si](C)(C)C(C)(C)C)CC1=O.[CH2-]CCC1OC1(CC1=CC(O[Si](C)(C)C(C)(C)C)CC1=O)[Si](C)(C)C.[CH3-].[Co].[Co]. The molecule has 2 radical (unpaired) electrons. The van der Waals surface area contributed by atoms with E-state index in [0.29, 0.717) is 44.1 Å². The molecule has 3 rings (SSSR count). The van der Waals surface area contributed by atoms with Gasteiger partial charge in [0.25, 0.3) is 0 Å². The third-order valence-corrected chi connectivity index (χ3v) is 23.6. The number of unbranched alkanes of at least 4 members (excludes halogenated alkanes) is 1. The number of methoxy groups -OCH3 is 1. The van der Waals surface area contributed by atoms with Crippen LogP contribution in [0.3, 0.4) is 0 Å². The Balaban J connectivity index is 0. The van der Waals surface area contributed by atoms with Crippen LogP contribution in [-0.2, 0) is 71.1 Å². The second kappa shape index (κ2) is 21.3. The molecule has 4 unspecified atom stereocenters. The van der Waals surface area contributed by atoms with Gasteiger partial charge in [-0.3, -0.25) is 19.2 Å². The van der Waals surface area contributed by atoms with Gasteiger partial charge >= 0.3 is 5.97 Å². The number of epoxide rings is 1. The van der Waals surface area contributed by atoms with Crippen LogP contribution < -0.4 is 0 Å². The average Bonchev–Trinajstić information content (AvgIpc) is 3.41. The largest absolute Gasteiger partial charge is 0.469 e. The fraction of sp³-hybridized carbons (Fsp3) is 0.750. The Morgan fingerprint density at radius 3 is 1.66 bits per heavy atom. The zero-order chi connectivity index (χ0) is 38.5. The normalized spacial score (nSPS) is 23.0. The molecule has 53 heavy (non-hydrogen) atoms. The summed E-state index contributed by atoms with van der Waals surface area (Å²) >= 11 is 0. The summed E-state index contributed by atoms with van der Waals surface area (Å²) in [5.41, 5.74) is 1.53. The van der Waals surface area contributed by atoms with Gasteiger partial charge in [-0.2, -0.15) is 6.42 Å². The molecule has 1 saturated heterocycles. The molecule has 0 aromatic carbocycles. The van der Waals surface area contributed by atoms with Crippen LogP contribution in [0.25, 0.3) is 0 Å². The number of hydrogen-bond acceptors (Lipinski definition) is 8. The fourth-order valence-corrected chi connectivity index (χ4v) is 10.9. The zero-order valence-electron chi connectivity index (χ0n) is 35.6. The molecule has 3 aliphatic rings.